The van der Waals surface area contributed by atoms with Crippen LogP contribution in [-0.4, -0.2) is 20.1 Å². The van der Waals surface area contributed by atoms with Crippen LogP contribution in [0.4, 0.5) is 13.2 Å². The van der Waals surface area contributed by atoms with Crippen LogP contribution in [0.15, 0.2) is 53.3 Å². The van der Waals surface area contributed by atoms with Crippen LogP contribution in [0.1, 0.15) is 36.8 Å². The number of ketones is 1. The van der Waals surface area contributed by atoms with E-state index in [1.165, 1.54) is 12.1 Å². The van der Waals surface area contributed by atoms with E-state index in [4.69, 9.17) is 11.6 Å². The lowest BCUT2D eigenvalue weighted by Crippen LogP contribution is -2.28. The van der Waals surface area contributed by atoms with Gasteiger partial charge < -0.3 is 0 Å². The molecule has 1 aliphatic carbocycles. The molecular weight excluding hydrogens is 455 g/mol. The molecule has 4 rings (SSSR count). The van der Waals surface area contributed by atoms with Crippen molar-refractivity contribution >= 4 is 17.4 Å². The average molecular weight is 478 g/mol. The van der Waals surface area contributed by atoms with E-state index < -0.39 is 11.7 Å². The fourth-order valence-electron chi connectivity index (χ4n) is 3.82. The zero-order chi connectivity index (χ0) is 23.6. The molecule has 1 fully saturated rings. The van der Waals surface area contributed by atoms with E-state index in [9.17, 15) is 22.8 Å². The first kappa shape index (κ1) is 23.3. The Balaban J connectivity index is 1.45. The second-order valence-corrected chi connectivity index (χ2v) is 8.81. The first-order valence-corrected chi connectivity index (χ1v) is 11.2. The predicted octanol–water partition coefficient (Wildman–Crippen LogP) is 5.39. The zero-order valence-corrected chi connectivity index (χ0v) is 18.6. The van der Waals surface area contributed by atoms with Crippen LogP contribution in [-0.2, 0) is 30.5 Å². The summed E-state index contributed by atoms with van der Waals surface area (Å²) >= 11 is 5.96. The van der Waals surface area contributed by atoms with Crippen LogP contribution in [0, 0.1) is 5.92 Å². The molecule has 9 heteroatoms. The second-order valence-electron chi connectivity index (χ2n) is 8.37. The maximum atomic E-state index is 13.1. The Morgan fingerprint density at radius 2 is 1.79 bits per heavy atom. The van der Waals surface area contributed by atoms with E-state index in [0.29, 0.717) is 23.3 Å². The number of alkyl halides is 3. The summed E-state index contributed by atoms with van der Waals surface area (Å²) in [5, 5.41) is 4.96. The standard InChI is InChI=1S/C24H23ClF3N3O2/c25-19-12-10-18(11-13-19)22-29-31(23(33)30(22)14-16-8-9-16)15-20(32)6-3-5-17-4-1-2-7-21(17)24(26,27)28/h1-2,4,7,10-13,16H,3,5-6,8-9,14-15H2. The van der Waals surface area contributed by atoms with Gasteiger partial charge in [-0.25, -0.2) is 9.48 Å². The third-order valence-electron chi connectivity index (χ3n) is 5.71. The van der Waals surface area contributed by atoms with Crippen molar-refractivity contribution in [3.63, 3.8) is 0 Å². The van der Waals surface area contributed by atoms with Gasteiger partial charge in [0.05, 0.1) is 5.56 Å². The van der Waals surface area contributed by atoms with Gasteiger partial charge in [-0.1, -0.05) is 29.8 Å². The summed E-state index contributed by atoms with van der Waals surface area (Å²) in [6.07, 6.45) is -1.88. The molecule has 3 aromatic rings. The van der Waals surface area contributed by atoms with E-state index in [-0.39, 0.29) is 42.8 Å². The number of hydrogen-bond donors (Lipinski definition) is 0. The fraction of sp³-hybridized carbons (Fsp3) is 0.375. The molecule has 0 N–H and O–H groups in total. The Bertz CT molecular complexity index is 1190. The number of benzene rings is 2. The molecule has 0 spiro atoms. The van der Waals surface area contributed by atoms with Gasteiger partial charge in [-0.2, -0.15) is 13.2 Å². The number of aromatic nitrogens is 3. The minimum absolute atomic E-state index is 0.0599. The number of halogens is 4. The summed E-state index contributed by atoms with van der Waals surface area (Å²) in [4.78, 5) is 25.5. The molecule has 5 nitrogen and oxygen atoms in total. The minimum atomic E-state index is -4.43. The van der Waals surface area contributed by atoms with E-state index in [1.54, 1.807) is 34.9 Å². The van der Waals surface area contributed by atoms with Gasteiger partial charge in [0.1, 0.15) is 6.54 Å². The highest BCUT2D eigenvalue weighted by molar-refractivity contribution is 6.30. The van der Waals surface area contributed by atoms with Crippen LogP contribution in [0.3, 0.4) is 0 Å². The normalized spacial score (nSPS) is 13.9. The number of hydrogen-bond acceptors (Lipinski definition) is 3. The molecule has 174 valence electrons. The van der Waals surface area contributed by atoms with Gasteiger partial charge in [0.25, 0.3) is 0 Å². The van der Waals surface area contributed by atoms with Gasteiger partial charge in [0, 0.05) is 23.6 Å². The lowest BCUT2D eigenvalue weighted by Gasteiger charge is -2.12. The molecule has 0 aliphatic heterocycles. The molecular formula is C24H23ClF3N3O2. The maximum Gasteiger partial charge on any atom is 0.416 e. The van der Waals surface area contributed by atoms with Crippen molar-refractivity contribution in [3.05, 3.63) is 75.2 Å². The average Bonchev–Trinajstić information content (AvgIpc) is 3.54. The van der Waals surface area contributed by atoms with Crippen molar-refractivity contribution in [1.82, 2.24) is 14.3 Å². The Morgan fingerprint density at radius 1 is 1.09 bits per heavy atom. The number of rotatable bonds is 9. The van der Waals surface area contributed by atoms with Crippen LogP contribution in [0.2, 0.25) is 5.02 Å². The summed E-state index contributed by atoms with van der Waals surface area (Å²) in [6, 6.07) is 12.3. The molecule has 0 saturated heterocycles. The molecule has 0 bridgehead atoms. The van der Waals surface area contributed by atoms with Gasteiger partial charge in [-0.05, 0) is 67.5 Å². The molecule has 1 aromatic heterocycles. The van der Waals surface area contributed by atoms with E-state index in [2.05, 4.69) is 5.10 Å². The fourth-order valence-corrected chi connectivity index (χ4v) is 3.94. The summed E-state index contributed by atoms with van der Waals surface area (Å²) in [5.74, 6) is 0.659. The zero-order valence-electron chi connectivity index (χ0n) is 17.8. The van der Waals surface area contributed by atoms with E-state index in [0.717, 1.165) is 29.2 Å². The molecule has 1 aliphatic rings. The number of carbonyl (C=O) groups excluding carboxylic acids is 1. The third-order valence-corrected chi connectivity index (χ3v) is 5.97. The number of Topliss-reactive ketones (excluding diaryl/α,β-unsaturated/α-hetero) is 1. The van der Waals surface area contributed by atoms with Crippen molar-refractivity contribution < 1.29 is 18.0 Å². The first-order chi connectivity index (χ1) is 15.7. The predicted molar refractivity (Wildman–Crippen MR) is 119 cm³/mol. The van der Waals surface area contributed by atoms with Gasteiger partial charge >= 0.3 is 11.9 Å². The van der Waals surface area contributed by atoms with Gasteiger partial charge in [0.2, 0.25) is 0 Å². The number of carbonyl (C=O) groups is 1. The van der Waals surface area contributed by atoms with Gasteiger partial charge in [0.15, 0.2) is 11.6 Å². The Morgan fingerprint density at radius 3 is 2.45 bits per heavy atom. The maximum absolute atomic E-state index is 13.1. The third kappa shape index (κ3) is 5.74. The van der Waals surface area contributed by atoms with Crippen LogP contribution < -0.4 is 5.69 Å². The Hall–Kier alpha value is -2.87. The highest BCUT2D eigenvalue weighted by atomic mass is 35.5. The SMILES string of the molecule is O=C(CCCc1ccccc1C(F)(F)F)Cn1nc(-c2ccc(Cl)cc2)n(CC2CC2)c1=O. The van der Waals surface area contributed by atoms with Crippen molar-refractivity contribution in [1.29, 1.82) is 0 Å². The first-order valence-electron chi connectivity index (χ1n) is 10.8. The van der Waals surface area contributed by atoms with Crippen LogP contribution in [0.5, 0.6) is 0 Å². The Kier molecular flexibility index (Phi) is 6.74. The summed E-state index contributed by atoms with van der Waals surface area (Å²) in [6.45, 7) is 0.331. The largest absolute Gasteiger partial charge is 0.416 e. The molecule has 0 amide bonds. The molecule has 1 heterocycles. The molecule has 0 unspecified atom stereocenters. The topological polar surface area (TPSA) is 56.9 Å². The summed E-state index contributed by atoms with van der Waals surface area (Å²) in [7, 11) is 0. The van der Waals surface area contributed by atoms with Crippen molar-refractivity contribution in [2.45, 2.75) is 51.4 Å². The molecule has 1 saturated carbocycles. The minimum Gasteiger partial charge on any atom is -0.298 e. The quantitative estimate of drug-likeness (QED) is 0.415. The highest BCUT2D eigenvalue weighted by Crippen LogP contribution is 2.33. The van der Waals surface area contributed by atoms with Crippen LogP contribution >= 0.6 is 11.6 Å². The number of nitrogens with zero attached hydrogens (tertiary/aromatic N) is 3. The van der Waals surface area contributed by atoms with Gasteiger partial charge in [-0.15, -0.1) is 5.10 Å². The van der Waals surface area contributed by atoms with Crippen LogP contribution in [0.25, 0.3) is 11.4 Å². The van der Waals surface area contributed by atoms with Crippen molar-refractivity contribution in [3.8, 4) is 11.4 Å². The number of aryl methyl sites for hydroxylation is 1. The highest BCUT2D eigenvalue weighted by Gasteiger charge is 2.32. The molecule has 33 heavy (non-hydrogen) atoms. The smallest absolute Gasteiger partial charge is 0.298 e. The van der Waals surface area contributed by atoms with Crippen molar-refractivity contribution in [2.75, 3.05) is 0 Å². The van der Waals surface area contributed by atoms with Crippen molar-refractivity contribution in [2.24, 2.45) is 5.92 Å². The second kappa shape index (κ2) is 9.55. The monoisotopic (exact) mass is 477 g/mol. The van der Waals surface area contributed by atoms with Gasteiger partial charge in [-0.3, -0.25) is 9.36 Å². The van der Waals surface area contributed by atoms with E-state index >= 15 is 0 Å². The molecule has 0 radical (unpaired) electrons. The lowest BCUT2D eigenvalue weighted by atomic mass is 10.0. The Labute approximate surface area is 193 Å². The molecule has 2 aromatic carbocycles. The summed E-state index contributed by atoms with van der Waals surface area (Å²) < 4.78 is 42.2. The molecule has 0 atom stereocenters. The summed E-state index contributed by atoms with van der Waals surface area (Å²) in [5.41, 5.74) is -0.150. The lowest BCUT2D eigenvalue weighted by molar-refractivity contribution is -0.138. The van der Waals surface area contributed by atoms with E-state index in [1.807, 2.05) is 0 Å².